The molecule has 3 aliphatic rings. The van der Waals surface area contributed by atoms with Crippen molar-refractivity contribution in [1.29, 1.82) is 0 Å². The number of carbonyl (C=O) groups excluding carboxylic acids is 2. The largest absolute Gasteiger partial charge is 0.489 e. The number of aromatic nitrogens is 1. The number of nitrogens with zero attached hydrogens (tertiary/aromatic N) is 2. The average molecular weight is 579 g/mol. The molecule has 3 aromatic carbocycles. The van der Waals surface area contributed by atoms with Crippen LogP contribution >= 0.6 is 23.2 Å². The van der Waals surface area contributed by atoms with Gasteiger partial charge in [0.1, 0.15) is 23.8 Å². The van der Waals surface area contributed by atoms with E-state index in [4.69, 9.17) is 32.5 Å². The van der Waals surface area contributed by atoms with Gasteiger partial charge in [-0.25, -0.2) is 4.39 Å². The molecule has 2 saturated carbocycles. The SMILES string of the molecule is O=COc1ccc(N2C(=O)C3(CC3)c3cc(OCc4c(-c5c(Cl)cccc5Cl)noc4C4CC4)ccc32)cc1F. The van der Waals surface area contributed by atoms with Gasteiger partial charge >= 0.3 is 0 Å². The zero-order chi connectivity index (χ0) is 27.6. The summed E-state index contributed by atoms with van der Waals surface area (Å²) in [6.45, 7) is 0.341. The molecule has 10 heteroatoms. The number of amides is 1. The lowest BCUT2D eigenvalue weighted by Gasteiger charge is -2.19. The Kier molecular flexibility index (Phi) is 5.87. The van der Waals surface area contributed by atoms with Crippen molar-refractivity contribution in [3.8, 4) is 22.8 Å². The normalized spacial score (nSPS) is 16.8. The monoisotopic (exact) mass is 578 g/mol. The van der Waals surface area contributed by atoms with E-state index in [-0.39, 0.29) is 30.7 Å². The number of carbonyl (C=O) groups is 2. The van der Waals surface area contributed by atoms with E-state index in [9.17, 15) is 14.0 Å². The first-order valence-electron chi connectivity index (χ1n) is 12.9. The van der Waals surface area contributed by atoms with Crippen LogP contribution in [0.3, 0.4) is 0 Å². The average Bonchev–Trinajstić information content (AvgIpc) is 3.87. The van der Waals surface area contributed by atoms with Crippen LogP contribution in [0, 0.1) is 5.82 Å². The maximum Gasteiger partial charge on any atom is 0.298 e. The van der Waals surface area contributed by atoms with Crippen molar-refractivity contribution in [2.24, 2.45) is 0 Å². The molecule has 0 bridgehead atoms. The van der Waals surface area contributed by atoms with Crippen LogP contribution < -0.4 is 14.4 Å². The molecule has 0 atom stereocenters. The van der Waals surface area contributed by atoms with E-state index in [1.807, 2.05) is 12.1 Å². The summed E-state index contributed by atoms with van der Waals surface area (Å²) in [6.07, 6.45) is 3.42. The highest BCUT2D eigenvalue weighted by Crippen LogP contribution is 2.59. The van der Waals surface area contributed by atoms with Gasteiger partial charge in [0.05, 0.1) is 32.4 Å². The second kappa shape index (κ2) is 9.35. The molecule has 7 rings (SSSR count). The molecule has 40 heavy (non-hydrogen) atoms. The van der Waals surface area contributed by atoms with Gasteiger partial charge in [-0.3, -0.25) is 14.5 Å². The maximum absolute atomic E-state index is 14.5. The maximum atomic E-state index is 14.5. The molecular formula is C30H21Cl2FN2O5. The van der Waals surface area contributed by atoms with Crippen LogP contribution in [0.5, 0.6) is 11.5 Å². The quantitative estimate of drug-likeness (QED) is 0.201. The molecule has 2 fully saturated rings. The van der Waals surface area contributed by atoms with E-state index in [0.717, 1.165) is 29.7 Å². The van der Waals surface area contributed by atoms with Gasteiger partial charge < -0.3 is 14.0 Å². The summed E-state index contributed by atoms with van der Waals surface area (Å²) < 4.78 is 31.2. The van der Waals surface area contributed by atoms with Gasteiger partial charge in [-0.2, -0.15) is 0 Å². The molecule has 0 N–H and O–H groups in total. The van der Waals surface area contributed by atoms with E-state index in [1.165, 1.54) is 17.0 Å². The first kappa shape index (κ1) is 25.1. The number of ether oxygens (including phenoxy) is 2. The fourth-order valence-electron chi connectivity index (χ4n) is 5.47. The number of benzene rings is 3. The summed E-state index contributed by atoms with van der Waals surface area (Å²) in [5, 5.41) is 5.26. The van der Waals surface area contributed by atoms with E-state index >= 15 is 0 Å². The summed E-state index contributed by atoms with van der Waals surface area (Å²) in [5.41, 5.74) is 3.17. The summed E-state index contributed by atoms with van der Waals surface area (Å²) in [6, 6.07) is 14.8. The predicted octanol–water partition coefficient (Wildman–Crippen LogP) is 7.49. The van der Waals surface area contributed by atoms with Crippen molar-refractivity contribution < 1.29 is 28.0 Å². The van der Waals surface area contributed by atoms with E-state index in [2.05, 4.69) is 9.89 Å². The van der Waals surface area contributed by atoms with Crippen LogP contribution in [0.2, 0.25) is 10.0 Å². The molecule has 2 aliphatic carbocycles. The zero-order valence-electron chi connectivity index (χ0n) is 21.0. The minimum atomic E-state index is -0.731. The molecule has 4 aromatic rings. The van der Waals surface area contributed by atoms with Gasteiger partial charge in [-0.1, -0.05) is 34.4 Å². The minimum Gasteiger partial charge on any atom is -0.489 e. The molecule has 0 unspecified atom stereocenters. The third-order valence-corrected chi connectivity index (χ3v) is 8.42. The van der Waals surface area contributed by atoms with Crippen molar-refractivity contribution in [2.45, 2.75) is 43.6 Å². The third kappa shape index (κ3) is 3.97. The number of anilines is 2. The number of fused-ring (bicyclic) bond motifs is 2. The van der Waals surface area contributed by atoms with Crippen LogP contribution in [0.1, 0.15) is 48.5 Å². The molecule has 0 saturated heterocycles. The second-order valence-electron chi connectivity index (χ2n) is 10.3. The molecule has 0 radical (unpaired) electrons. The lowest BCUT2D eigenvalue weighted by Crippen LogP contribution is -2.27. The summed E-state index contributed by atoms with van der Waals surface area (Å²) >= 11 is 13.0. The van der Waals surface area contributed by atoms with Crippen LogP contribution in [0.4, 0.5) is 15.8 Å². The molecule has 1 aromatic heterocycles. The van der Waals surface area contributed by atoms with Crippen LogP contribution in [-0.4, -0.2) is 17.5 Å². The fourth-order valence-corrected chi connectivity index (χ4v) is 6.04. The molecule has 1 aliphatic heterocycles. The third-order valence-electron chi connectivity index (χ3n) is 7.79. The number of hydrogen-bond acceptors (Lipinski definition) is 6. The lowest BCUT2D eigenvalue weighted by atomic mass is 9.98. The van der Waals surface area contributed by atoms with Gasteiger partial charge in [-0.15, -0.1) is 0 Å². The van der Waals surface area contributed by atoms with E-state index < -0.39 is 11.2 Å². The Morgan fingerprint density at radius 2 is 1.88 bits per heavy atom. The highest BCUT2D eigenvalue weighted by atomic mass is 35.5. The van der Waals surface area contributed by atoms with Crippen molar-refractivity contribution >= 4 is 47.0 Å². The highest BCUT2D eigenvalue weighted by molar-refractivity contribution is 6.39. The lowest BCUT2D eigenvalue weighted by molar-refractivity contribution is -0.121. The minimum absolute atomic E-state index is 0.117. The summed E-state index contributed by atoms with van der Waals surface area (Å²) in [7, 11) is 0. The van der Waals surface area contributed by atoms with Crippen molar-refractivity contribution in [1.82, 2.24) is 5.16 Å². The van der Waals surface area contributed by atoms with Gasteiger partial charge in [0.25, 0.3) is 6.47 Å². The van der Waals surface area contributed by atoms with Crippen molar-refractivity contribution in [3.63, 3.8) is 0 Å². The molecule has 7 nitrogen and oxygen atoms in total. The number of rotatable bonds is 8. The Bertz CT molecular complexity index is 1680. The Balaban J connectivity index is 1.21. The molecular weight excluding hydrogens is 558 g/mol. The predicted molar refractivity (Wildman–Crippen MR) is 146 cm³/mol. The van der Waals surface area contributed by atoms with Crippen molar-refractivity contribution in [2.75, 3.05) is 4.90 Å². The Morgan fingerprint density at radius 3 is 2.55 bits per heavy atom. The standard InChI is InChI=1S/C30H21Cl2FN2O5/c31-21-2-1-3-22(32)26(21)27-19(28(40-34-27)16-4-5-16)14-38-18-7-8-24-20(13-18)30(10-11-30)29(37)35(24)17-6-9-25(39-15-36)23(33)12-17/h1-3,6-9,12-13,15-16H,4-5,10-11,14H2. The number of halogens is 3. The number of hydrogen-bond donors (Lipinski definition) is 0. The summed E-state index contributed by atoms with van der Waals surface area (Å²) in [4.78, 5) is 25.7. The Hall–Kier alpha value is -3.88. The molecule has 1 amide bonds. The highest BCUT2D eigenvalue weighted by Gasteiger charge is 2.59. The summed E-state index contributed by atoms with van der Waals surface area (Å²) in [5.74, 6) is 0.591. The molecule has 2 heterocycles. The van der Waals surface area contributed by atoms with E-state index in [0.29, 0.717) is 51.3 Å². The smallest absolute Gasteiger partial charge is 0.298 e. The van der Waals surface area contributed by atoms with Crippen LogP contribution in [0.25, 0.3) is 11.3 Å². The first-order chi connectivity index (χ1) is 19.4. The van der Waals surface area contributed by atoms with Gasteiger partial charge in [0.15, 0.2) is 11.6 Å². The van der Waals surface area contributed by atoms with Crippen molar-refractivity contribution in [3.05, 3.63) is 87.3 Å². The molecule has 1 spiro atoms. The fraction of sp³-hybridized carbons (Fsp3) is 0.233. The molecule has 202 valence electrons. The van der Waals surface area contributed by atoms with E-state index in [1.54, 1.807) is 30.3 Å². The van der Waals surface area contributed by atoms with Crippen LogP contribution in [-0.2, 0) is 21.6 Å². The van der Waals surface area contributed by atoms with Gasteiger partial charge in [0, 0.05) is 17.5 Å². The van der Waals surface area contributed by atoms with Gasteiger partial charge in [0.2, 0.25) is 5.91 Å². The Labute approximate surface area is 238 Å². The zero-order valence-corrected chi connectivity index (χ0v) is 22.5. The van der Waals surface area contributed by atoms with Gasteiger partial charge in [-0.05, 0) is 73.7 Å². The Morgan fingerprint density at radius 1 is 1.10 bits per heavy atom. The van der Waals surface area contributed by atoms with Crippen LogP contribution in [0.15, 0.2) is 59.1 Å². The first-order valence-corrected chi connectivity index (χ1v) is 13.6. The topological polar surface area (TPSA) is 81.9 Å². The second-order valence-corrected chi connectivity index (χ2v) is 11.1.